The molecule has 23 heavy (non-hydrogen) atoms. The molecule has 7 nitrogen and oxygen atoms in total. The van der Waals surface area contributed by atoms with Gasteiger partial charge in [-0.05, 0) is 30.5 Å². The van der Waals surface area contributed by atoms with Crippen LogP contribution in [0.5, 0.6) is 5.75 Å². The predicted octanol–water partition coefficient (Wildman–Crippen LogP) is 0.606. The summed E-state index contributed by atoms with van der Waals surface area (Å²) in [6.07, 6.45) is 0.990. The van der Waals surface area contributed by atoms with Crippen molar-refractivity contribution in [1.29, 1.82) is 0 Å². The average Bonchev–Trinajstić information content (AvgIpc) is 2.59. The van der Waals surface area contributed by atoms with E-state index in [-0.39, 0.29) is 12.5 Å². The predicted molar refractivity (Wildman–Crippen MR) is 83.2 cm³/mol. The lowest BCUT2D eigenvalue weighted by molar-refractivity contribution is -0.129. The van der Waals surface area contributed by atoms with Crippen molar-refractivity contribution >= 4 is 11.9 Å². The van der Waals surface area contributed by atoms with Crippen LogP contribution in [-0.4, -0.2) is 44.8 Å². The van der Waals surface area contributed by atoms with E-state index in [1.807, 2.05) is 0 Å². The zero-order chi connectivity index (χ0) is 16.9. The second kappa shape index (κ2) is 7.43. The number of hydrogen-bond donors (Lipinski definition) is 2. The van der Waals surface area contributed by atoms with E-state index in [1.54, 1.807) is 18.2 Å². The van der Waals surface area contributed by atoms with Gasteiger partial charge in [-0.25, -0.2) is 4.79 Å². The lowest BCUT2D eigenvalue weighted by Crippen LogP contribution is -2.56. The summed E-state index contributed by atoms with van der Waals surface area (Å²) in [7, 11) is 2.78. The molecular weight excluding hydrogens is 300 g/mol. The van der Waals surface area contributed by atoms with Gasteiger partial charge in [0, 0.05) is 19.8 Å². The van der Waals surface area contributed by atoms with Crippen LogP contribution in [0.25, 0.3) is 0 Å². The Kier molecular flexibility index (Phi) is 5.57. The van der Waals surface area contributed by atoms with Gasteiger partial charge in [0.15, 0.2) is 0 Å². The van der Waals surface area contributed by atoms with Crippen LogP contribution in [0.1, 0.15) is 28.8 Å². The molecule has 1 saturated heterocycles. The number of benzene rings is 1. The lowest BCUT2D eigenvalue weighted by atomic mass is 9.90. The van der Waals surface area contributed by atoms with Gasteiger partial charge in [0.1, 0.15) is 11.3 Å². The normalized spacial score (nSPS) is 16.5. The van der Waals surface area contributed by atoms with Gasteiger partial charge in [-0.3, -0.25) is 4.79 Å². The second-order valence-corrected chi connectivity index (χ2v) is 5.48. The average molecular weight is 322 g/mol. The van der Waals surface area contributed by atoms with E-state index in [1.165, 1.54) is 14.2 Å². The quantitative estimate of drug-likeness (QED) is 0.770. The van der Waals surface area contributed by atoms with Crippen LogP contribution in [0.4, 0.5) is 0 Å². The van der Waals surface area contributed by atoms with Crippen molar-refractivity contribution in [2.75, 3.05) is 27.4 Å². The molecule has 0 spiro atoms. The maximum absolute atomic E-state index is 12.3. The minimum atomic E-state index is -0.893. The lowest BCUT2D eigenvalue weighted by Gasteiger charge is -2.31. The number of nitrogens with one attached hydrogen (secondary N) is 1. The molecule has 1 aromatic carbocycles. The van der Waals surface area contributed by atoms with E-state index in [4.69, 9.17) is 19.9 Å². The number of carbonyl (C=O) groups is 2. The molecule has 2 rings (SSSR count). The van der Waals surface area contributed by atoms with Gasteiger partial charge >= 0.3 is 5.97 Å². The third-order valence-electron chi connectivity index (χ3n) is 3.96. The third kappa shape index (κ3) is 4.00. The number of rotatable bonds is 5. The van der Waals surface area contributed by atoms with Crippen molar-refractivity contribution in [2.45, 2.75) is 24.9 Å². The van der Waals surface area contributed by atoms with Gasteiger partial charge < -0.3 is 25.3 Å². The number of ether oxygens (including phenoxy) is 3. The summed E-state index contributed by atoms with van der Waals surface area (Å²) in [6.45, 7) is 1.24. The molecule has 1 amide bonds. The zero-order valence-electron chi connectivity index (χ0n) is 13.4. The molecule has 0 bridgehead atoms. The number of methoxy groups -OCH3 is 2. The van der Waals surface area contributed by atoms with Crippen molar-refractivity contribution in [3.63, 3.8) is 0 Å². The first-order valence-corrected chi connectivity index (χ1v) is 7.40. The van der Waals surface area contributed by atoms with Crippen molar-refractivity contribution in [3.05, 3.63) is 29.3 Å². The Bertz CT molecular complexity index is 582. The van der Waals surface area contributed by atoms with Gasteiger partial charge in [-0.15, -0.1) is 0 Å². The molecule has 0 saturated carbocycles. The number of carbonyl (C=O) groups excluding carboxylic acids is 2. The summed E-state index contributed by atoms with van der Waals surface area (Å²) in [5.74, 6) is -0.280. The highest BCUT2D eigenvalue weighted by Crippen LogP contribution is 2.21. The van der Waals surface area contributed by atoms with E-state index in [9.17, 15) is 9.59 Å². The SMILES string of the molecule is COC(=O)c1cc(CNC(=O)C2(N)CCOCC2)ccc1OC. The highest BCUT2D eigenvalue weighted by Gasteiger charge is 2.35. The first-order chi connectivity index (χ1) is 11.0. The molecule has 1 aliphatic heterocycles. The van der Waals surface area contributed by atoms with Crippen LogP contribution in [0.15, 0.2) is 18.2 Å². The first kappa shape index (κ1) is 17.2. The number of amides is 1. The Morgan fingerprint density at radius 3 is 2.61 bits per heavy atom. The van der Waals surface area contributed by atoms with Crippen molar-refractivity contribution in [2.24, 2.45) is 5.73 Å². The summed E-state index contributed by atoms with van der Waals surface area (Å²) < 4.78 is 15.1. The highest BCUT2D eigenvalue weighted by atomic mass is 16.5. The molecule has 7 heteroatoms. The molecule has 1 aromatic rings. The molecule has 0 atom stereocenters. The largest absolute Gasteiger partial charge is 0.496 e. The summed E-state index contributed by atoms with van der Waals surface area (Å²) >= 11 is 0. The second-order valence-electron chi connectivity index (χ2n) is 5.48. The van der Waals surface area contributed by atoms with E-state index < -0.39 is 11.5 Å². The maximum atomic E-state index is 12.3. The standard InChI is InChI=1S/C16H22N2O5/c1-21-13-4-3-11(9-12(13)14(19)22-2)10-18-15(20)16(17)5-7-23-8-6-16/h3-4,9H,5-8,10,17H2,1-2H3,(H,18,20). The molecular formula is C16H22N2O5. The highest BCUT2D eigenvalue weighted by molar-refractivity contribution is 5.92. The fourth-order valence-electron chi connectivity index (χ4n) is 2.46. The van der Waals surface area contributed by atoms with Crippen molar-refractivity contribution < 1.29 is 23.8 Å². The van der Waals surface area contributed by atoms with Crippen molar-refractivity contribution in [1.82, 2.24) is 5.32 Å². The Morgan fingerprint density at radius 2 is 2.00 bits per heavy atom. The molecule has 0 aromatic heterocycles. The van der Waals surface area contributed by atoms with Crippen molar-refractivity contribution in [3.8, 4) is 5.75 Å². The summed E-state index contributed by atoms with van der Waals surface area (Å²) in [6, 6.07) is 5.08. The van der Waals surface area contributed by atoms with Gasteiger partial charge in [-0.1, -0.05) is 6.07 Å². The molecule has 0 aliphatic carbocycles. The summed E-state index contributed by atoms with van der Waals surface area (Å²) in [5.41, 5.74) is 6.31. The number of hydrogen-bond acceptors (Lipinski definition) is 6. The Morgan fingerprint density at radius 1 is 1.30 bits per heavy atom. The minimum Gasteiger partial charge on any atom is -0.496 e. The number of esters is 1. The van der Waals surface area contributed by atoms with Crippen LogP contribution in [0.3, 0.4) is 0 Å². The van der Waals surface area contributed by atoms with Gasteiger partial charge in [0.2, 0.25) is 5.91 Å². The van der Waals surface area contributed by atoms with E-state index in [0.29, 0.717) is 37.4 Å². The molecule has 1 heterocycles. The Hall–Kier alpha value is -2.12. The van der Waals surface area contributed by atoms with Crippen LogP contribution in [0.2, 0.25) is 0 Å². The van der Waals surface area contributed by atoms with E-state index in [0.717, 1.165) is 5.56 Å². The molecule has 0 radical (unpaired) electrons. The van der Waals surface area contributed by atoms with E-state index >= 15 is 0 Å². The molecule has 126 valence electrons. The maximum Gasteiger partial charge on any atom is 0.341 e. The Labute approximate surface area is 135 Å². The van der Waals surface area contributed by atoms with Crippen LogP contribution < -0.4 is 15.8 Å². The Balaban J connectivity index is 2.05. The van der Waals surface area contributed by atoms with Gasteiger partial charge in [-0.2, -0.15) is 0 Å². The molecule has 1 fully saturated rings. The van der Waals surface area contributed by atoms with Crippen LogP contribution in [0, 0.1) is 0 Å². The monoisotopic (exact) mass is 322 g/mol. The van der Waals surface area contributed by atoms with Gasteiger partial charge in [0.05, 0.1) is 19.8 Å². The van der Waals surface area contributed by atoms with Crippen LogP contribution in [-0.2, 0) is 20.8 Å². The fourth-order valence-corrected chi connectivity index (χ4v) is 2.46. The van der Waals surface area contributed by atoms with Gasteiger partial charge in [0.25, 0.3) is 0 Å². The third-order valence-corrected chi connectivity index (χ3v) is 3.96. The van der Waals surface area contributed by atoms with Crippen LogP contribution >= 0.6 is 0 Å². The summed E-state index contributed by atoms with van der Waals surface area (Å²) in [5, 5.41) is 2.82. The smallest absolute Gasteiger partial charge is 0.341 e. The number of nitrogens with two attached hydrogens (primary N) is 1. The minimum absolute atomic E-state index is 0.212. The first-order valence-electron chi connectivity index (χ1n) is 7.40. The molecule has 1 aliphatic rings. The summed E-state index contributed by atoms with van der Waals surface area (Å²) in [4.78, 5) is 24.0. The molecule has 0 unspecified atom stereocenters. The van der Waals surface area contributed by atoms with E-state index in [2.05, 4.69) is 5.32 Å². The molecule has 3 N–H and O–H groups in total. The topological polar surface area (TPSA) is 99.9 Å². The fraction of sp³-hybridized carbons (Fsp3) is 0.500. The zero-order valence-corrected chi connectivity index (χ0v) is 13.4.